The maximum Gasteiger partial charge on any atom is 0.335 e. The number of carbonyl (C=O) groups is 1. The van der Waals surface area contributed by atoms with E-state index in [1.54, 1.807) is 12.1 Å². The van der Waals surface area contributed by atoms with E-state index in [2.05, 4.69) is 39.8 Å². The first kappa shape index (κ1) is 15.5. The highest BCUT2D eigenvalue weighted by molar-refractivity contribution is 9.10. The van der Waals surface area contributed by atoms with Crippen molar-refractivity contribution < 1.29 is 9.90 Å². The van der Waals surface area contributed by atoms with E-state index >= 15 is 0 Å². The number of likely N-dealkylation sites (tertiary alicyclic amines) is 1. The van der Waals surface area contributed by atoms with Crippen LogP contribution < -0.4 is 0 Å². The number of hydrogen-bond donors (Lipinski definition) is 1. The minimum Gasteiger partial charge on any atom is -0.478 e. The third kappa shape index (κ3) is 3.81. The van der Waals surface area contributed by atoms with Gasteiger partial charge in [0.15, 0.2) is 0 Å². The lowest BCUT2D eigenvalue weighted by Gasteiger charge is -2.36. The lowest BCUT2D eigenvalue weighted by atomic mass is 10.0. The third-order valence-corrected chi connectivity index (χ3v) is 4.68. The van der Waals surface area contributed by atoms with Gasteiger partial charge in [0.25, 0.3) is 0 Å². The summed E-state index contributed by atoms with van der Waals surface area (Å²) in [4.78, 5) is 15.7. The highest BCUT2D eigenvalue weighted by Gasteiger charge is 2.21. The van der Waals surface area contributed by atoms with Crippen LogP contribution in [0.15, 0.2) is 22.7 Å². The summed E-state index contributed by atoms with van der Waals surface area (Å²) in [7, 11) is 4.30. The summed E-state index contributed by atoms with van der Waals surface area (Å²) in [6, 6.07) is 5.82. The number of hydrogen-bond acceptors (Lipinski definition) is 3. The van der Waals surface area contributed by atoms with Crippen molar-refractivity contribution >= 4 is 21.9 Å². The number of aromatic carboxylic acids is 1. The van der Waals surface area contributed by atoms with Gasteiger partial charge in [0.05, 0.1) is 5.56 Å². The van der Waals surface area contributed by atoms with E-state index in [-0.39, 0.29) is 0 Å². The molecule has 110 valence electrons. The monoisotopic (exact) mass is 340 g/mol. The number of halogens is 1. The summed E-state index contributed by atoms with van der Waals surface area (Å²) in [5, 5.41) is 8.98. The SMILES string of the molecule is CN1CCCC(N(C)Cc2ccc(C(=O)O)cc2Br)C1. The van der Waals surface area contributed by atoms with Crippen molar-refractivity contribution in [2.75, 3.05) is 27.2 Å². The van der Waals surface area contributed by atoms with Gasteiger partial charge < -0.3 is 10.0 Å². The molecule has 5 heteroatoms. The maximum absolute atomic E-state index is 10.9. The average molecular weight is 341 g/mol. The molecule has 1 fully saturated rings. The van der Waals surface area contributed by atoms with Gasteiger partial charge in [-0.15, -0.1) is 0 Å². The fourth-order valence-electron chi connectivity index (χ4n) is 2.71. The summed E-state index contributed by atoms with van der Waals surface area (Å²) >= 11 is 3.48. The van der Waals surface area contributed by atoms with Gasteiger partial charge in [-0.25, -0.2) is 4.79 Å². The standard InChI is InChI=1S/C15H21BrN2O2/c1-17-7-3-4-13(10-17)18(2)9-12-6-5-11(15(19)20)8-14(12)16/h5-6,8,13H,3-4,7,9-10H2,1-2H3,(H,19,20). The molecule has 1 N–H and O–H groups in total. The van der Waals surface area contributed by atoms with Crippen LogP contribution in [0.2, 0.25) is 0 Å². The van der Waals surface area contributed by atoms with E-state index in [0.29, 0.717) is 11.6 Å². The van der Waals surface area contributed by atoms with Crippen LogP contribution in [0, 0.1) is 0 Å². The van der Waals surface area contributed by atoms with Crippen molar-refractivity contribution in [2.24, 2.45) is 0 Å². The number of likely N-dealkylation sites (N-methyl/N-ethyl adjacent to an activating group) is 2. The average Bonchev–Trinajstić information content (AvgIpc) is 2.40. The Bertz CT molecular complexity index is 493. The summed E-state index contributed by atoms with van der Waals surface area (Å²) in [5.74, 6) is -0.889. The molecular formula is C15H21BrN2O2. The minimum absolute atomic E-state index is 0.320. The van der Waals surface area contributed by atoms with E-state index in [1.165, 1.54) is 19.4 Å². The van der Waals surface area contributed by atoms with Crippen molar-refractivity contribution in [2.45, 2.75) is 25.4 Å². The van der Waals surface area contributed by atoms with E-state index in [1.807, 2.05) is 6.07 Å². The van der Waals surface area contributed by atoms with Gasteiger partial charge in [0.1, 0.15) is 0 Å². The molecule has 4 nitrogen and oxygen atoms in total. The predicted octanol–water partition coefficient (Wildman–Crippen LogP) is 2.67. The van der Waals surface area contributed by atoms with Crippen LogP contribution in [0.5, 0.6) is 0 Å². The van der Waals surface area contributed by atoms with Crippen molar-refractivity contribution in [3.63, 3.8) is 0 Å². The summed E-state index contributed by atoms with van der Waals surface area (Å²) in [5.41, 5.74) is 1.45. The summed E-state index contributed by atoms with van der Waals surface area (Å²) in [6.45, 7) is 3.11. The predicted molar refractivity (Wildman–Crippen MR) is 83.1 cm³/mol. The van der Waals surface area contributed by atoms with E-state index < -0.39 is 5.97 Å². The van der Waals surface area contributed by atoms with Crippen LogP contribution in [0.25, 0.3) is 0 Å². The van der Waals surface area contributed by atoms with E-state index in [4.69, 9.17) is 5.11 Å². The molecule has 1 aliphatic heterocycles. The minimum atomic E-state index is -0.889. The molecule has 0 radical (unpaired) electrons. The Labute approximate surface area is 128 Å². The fourth-order valence-corrected chi connectivity index (χ4v) is 3.21. The van der Waals surface area contributed by atoms with Crippen LogP contribution >= 0.6 is 15.9 Å². The zero-order chi connectivity index (χ0) is 14.7. The molecule has 0 amide bonds. The lowest BCUT2D eigenvalue weighted by Crippen LogP contribution is -2.44. The maximum atomic E-state index is 10.9. The van der Waals surface area contributed by atoms with Crippen molar-refractivity contribution in [3.05, 3.63) is 33.8 Å². The number of rotatable bonds is 4. The number of benzene rings is 1. The Balaban J connectivity index is 2.03. The number of carboxylic acid groups (broad SMARTS) is 1. The number of piperidine rings is 1. The van der Waals surface area contributed by atoms with Crippen LogP contribution in [-0.2, 0) is 6.54 Å². The second kappa shape index (κ2) is 6.70. The molecular weight excluding hydrogens is 320 g/mol. The Kier molecular flexibility index (Phi) is 5.18. The smallest absolute Gasteiger partial charge is 0.335 e. The zero-order valence-electron chi connectivity index (χ0n) is 12.0. The molecule has 0 saturated carbocycles. The molecule has 1 saturated heterocycles. The Hall–Kier alpha value is -0.910. The number of carboxylic acids is 1. The van der Waals surface area contributed by atoms with Gasteiger partial charge in [-0.05, 0) is 51.2 Å². The molecule has 0 aromatic heterocycles. The van der Waals surface area contributed by atoms with E-state index in [9.17, 15) is 4.79 Å². The Morgan fingerprint density at radius 2 is 2.30 bits per heavy atom. The largest absolute Gasteiger partial charge is 0.478 e. The molecule has 1 unspecified atom stereocenters. The second-order valence-corrected chi connectivity index (χ2v) is 6.44. The quantitative estimate of drug-likeness (QED) is 0.915. The van der Waals surface area contributed by atoms with Gasteiger partial charge in [-0.3, -0.25) is 4.90 Å². The summed E-state index contributed by atoms with van der Waals surface area (Å²) < 4.78 is 0.869. The van der Waals surface area contributed by atoms with Gasteiger partial charge in [0.2, 0.25) is 0 Å². The lowest BCUT2D eigenvalue weighted by molar-refractivity contribution is 0.0696. The van der Waals surface area contributed by atoms with Crippen molar-refractivity contribution in [1.29, 1.82) is 0 Å². The highest BCUT2D eigenvalue weighted by atomic mass is 79.9. The van der Waals surface area contributed by atoms with Gasteiger partial charge in [-0.2, -0.15) is 0 Å². The first-order chi connectivity index (χ1) is 9.47. The molecule has 0 aliphatic carbocycles. The van der Waals surface area contributed by atoms with Crippen molar-refractivity contribution in [3.8, 4) is 0 Å². The van der Waals surface area contributed by atoms with Crippen LogP contribution in [0.1, 0.15) is 28.8 Å². The molecule has 1 aromatic carbocycles. The van der Waals surface area contributed by atoms with Crippen LogP contribution in [-0.4, -0.2) is 54.1 Å². The Morgan fingerprint density at radius 1 is 1.55 bits per heavy atom. The van der Waals surface area contributed by atoms with Crippen LogP contribution in [0.4, 0.5) is 0 Å². The molecule has 1 heterocycles. The van der Waals surface area contributed by atoms with Gasteiger partial charge in [-0.1, -0.05) is 22.0 Å². The van der Waals surface area contributed by atoms with Gasteiger partial charge in [0, 0.05) is 23.6 Å². The molecule has 0 bridgehead atoms. The molecule has 1 aromatic rings. The van der Waals surface area contributed by atoms with Crippen molar-refractivity contribution in [1.82, 2.24) is 9.80 Å². The molecule has 20 heavy (non-hydrogen) atoms. The molecule has 0 spiro atoms. The molecule has 1 atom stereocenters. The summed E-state index contributed by atoms with van der Waals surface area (Å²) in [6.07, 6.45) is 2.47. The van der Waals surface area contributed by atoms with Gasteiger partial charge >= 0.3 is 5.97 Å². The first-order valence-electron chi connectivity index (χ1n) is 6.88. The third-order valence-electron chi connectivity index (χ3n) is 3.94. The fraction of sp³-hybridized carbons (Fsp3) is 0.533. The first-order valence-corrected chi connectivity index (χ1v) is 7.67. The molecule has 1 aliphatic rings. The second-order valence-electron chi connectivity index (χ2n) is 5.58. The number of nitrogens with zero attached hydrogens (tertiary/aromatic N) is 2. The normalized spacial score (nSPS) is 20.3. The Morgan fingerprint density at radius 3 is 2.90 bits per heavy atom. The highest BCUT2D eigenvalue weighted by Crippen LogP contribution is 2.22. The van der Waals surface area contributed by atoms with Crippen LogP contribution in [0.3, 0.4) is 0 Å². The van der Waals surface area contributed by atoms with E-state index in [0.717, 1.165) is 23.1 Å². The molecule has 2 rings (SSSR count). The topological polar surface area (TPSA) is 43.8 Å². The zero-order valence-corrected chi connectivity index (χ0v) is 13.6.